The Labute approximate surface area is 100 Å². The van der Waals surface area contributed by atoms with Crippen molar-refractivity contribution in [1.29, 1.82) is 0 Å². The van der Waals surface area contributed by atoms with E-state index in [0.29, 0.717) is 0 Å². The van der Waals surface area contributed by atoms with Crippen molar-refractivity contribution in [2.75, 3.05) is 6.54 Å². The fraction of sp³-hybridized carbons (Fsp3) is 0.727. The maximum atomic E-state index is 4.37. The van der Waals surface area contributed by atoms with Gasteiger partial charge in [-0.1, -0.05) is 0 Å². The molecule has 1 heterocycles. The second kappa shape index (κ2) is 4.66. The number of halogens is 1. The van der Waals surface area contributed by atoms with Crippen LogP contribution in [0.4, 0.5) is 0 Å². The predicted octanol–water partition coefficient (Wildman–Crippen LogP) is 2.42. The lowest BCUT2D eigenvalue weighted by molar-refractivity contribution is 0.426. The molecule has 0 atom stereocenters. The van der Waals surface area contributed by atoms with Crippen LogP contribution < -0.4 is 5.32 Å². The molecular formula is C11H20BrN3. The lowest BCUT2D eigenvalue weighted by Gasteiger charge is -2.20. The SMILES string of the molecule is Cc1nn(C)c(CCNC(C)(C)C)c1Br. The summed E-state index contributed by atoms with van der Waals surface area (Å²) in [6.45, 7) is 9.52. The summed E-state index contributed by atoms with van der Waals surface area (Å²) < 4.78 is 3.09. The lowest BCUT2D eigenvalue weighted by Crippen LogP contribution is -2.37. The summed E-state index contributed by atoms with van der Waals surface area (Å²) in [5.74, 6) is 0. The highest BCUT2D eigenvalue weighted by atomic mass is 79.9. The van der Waals surface area contributed by atoms with E-state index in [1.807, 2.05) is 18.7 Å². The van der Waals surface area contributed by atoms with Gasteiger partial charge in [0.1, 0.15) is 0 Å². The van der Waals surface area contributed by atoms with Crippen LogP contribution in [0.1, 0.15) is 32.2 Å². The highest BCUT2D eigenvalue weighted by Gasteiger charge is 2.12. The molecule has 0 bridgehead atoms. The minimum absolute atomic E-state index is 0.181. The van der Waals surface area contributed by atoms with Gasteiger partial charge >= 0.3 is 0 Å². The summed E-state index contributed by atoms with van der Waals surface area (Å²) >= 11 is 3.57. The van der Waals surface area contributed by atoms with Crippen molar-refractivity contribution in [3.05, 3.63) is 15.9 Å². The Morgan fingerprint density at radius 3 is 2.40 bits per heavy atom. The van der Waals surface area contributed by atoms with Crippen LogP contribution in [0.3, 0.4) is 0 Å². The maximum absolute atomic E-state index is 4.37. The van der Waals surface area contributed by atoms with Gasteiger partial charge in [0.15, 0.2) is 0 Å². The number of aryl methyl sites for hydroxylation is 2. The van der Waals surface area contributed by atoms with Crippen molar-refractivity contribution in [2.45, 2.75) is 39.7 Å². The summed E-state index contributed by atoms with van der Waals surface area (Å²) in [4.78, 5) is 0. The molecule has 0 aliphatic rings. The average Bonchev–Trinajstić information content (AvgIpc) is 2.29. The third kappa shape index (κ3) is 3.61. The van der Waals surface area contributed by atoms with Gasteiger partial charge in [-0.2, -0.15) is 5.10 Å². The van der Waals surface area contributed by atoms with E-state index in [1.165, 1.54) is 5.69 Å². The predicted molar refractivity (Wildman–Crippen MR) is 67.1 cm³/mol. The minimum Gasteiger partial charge on any atom is -0.312 e. The average molecular weight is 274 g/mol. The van der Waals surface area contributed by atoms with Gasteiger partial charge in [-0.05, 0) is 43.6 Å². The van der Waals surface area contributed by atoms with Crippen molar-refractivity contribution in [3.8, 4) is 0 Å². The van der Waals surface area contributed by atoms with Crippen molar-refractivity contribution in [1.82, 2.24) is 15.1 Å². The quantitative estimate of drug-likeness (QED) is 0.917. The number of aromatic nitrogens is 2. The Hall–Kier alpha value is -0.350. The first kappa shape index (κ1) is 12.7. The van der Waals surface area contributed by atoms with E-state index in [-0.39, 0.29) is 5.54 Å². The van der Waals surface area contributed by atoms with Gasteiger partial charge in [-0.15, -0.1) is 0 Å². The van der Waals surface area contributed by atoms with Crippen LogP contribution in [0.2, 0.25) is 0 Å². The number of nitrogens with zero attached hydrogens (tertiary/aromatic N) is 2. The molecule has 1 aromatic heterocycles. The number of hydrogen-bond acceptors (Lipinski definition) is 2. The molecule has 86 valence electrons. The first-order valence-corrected chi connectivity index (χ1v) is 6.03. The molecule has 0 aromatic carbocycles. The third-order valence-corrected chi connectivity index (χ3v) is 3.31. The van der Waals surface area contributed by atoms with Gasteiger partial charge in [0, 0.05) is 25.6 Å². The fourth-order valence-electron chi connectivity index (χ4n) is 1.51. The van der Waals surface area contributed by atoms with Crippen molar-refractivity contribution < 1.29 is 0 Å². The largest absolute Gasteiger partial charge is 0.312 e. The van der Waals surface area contributed by atoms with Gasteiger partial charge < -0.3 is 5.32 Å². The van der Waals surface area contributed by atoms with Crippen LogP contribution in [0.15, 0.2) is 4.47 Å². The summed E-state index contributed by atoms with van der Waals surface area (Å²) in [5.41, 5.74) is 2.49. The monoisotopic (exact) mass is 273 g/mol. The van der Waals surface area contributed by atoms with Crippen LogP contribution in [0, 0.1) is 6.92 Å². The van der Waals surface area contributed by atoms with Crippen molar-refractivity contribution >= 4 is 15.9 Å². The molecule has 0 unspecified atom stereocenters. The van der Waals surface area contributed by atoms with E-state index < -0.39 is 0 Å². The highest BCUT2D eigenvalue weighted by molar-refractivity contribution is 9.10. The van der Waals surface area contributed by atoms with Gasteiger partial charge in [0.05, 0.1) is 15.9 Å². The molecule has 1 N–H and O–H groups in total. The van der Waals surface area contributed by atoms with Crippen LogP contribution in [-0.4, -0.2) is 21.9 Å². The molecule has 0 radical (unpaired) electrons. The molecular weight excluding hydrogens is 254 g/mol. The lowest BCUT2D eigenvalue weighted by atomic mass is 10.1. The van der Waals surface area contributed by atoms with Crippen LogP contribution >= 0.6 is 15.9 Å². The molecule has 0 aliphatic carbocycles. The third-order valence-electron chi connectivity index (χ3n) is 2.28. The second-order valence-electron chi connectivity index (χ2n) is 4.90. The zero-order chi connectivity index (χ0) is 11.6. The van der Waals surface area contributed by atoms with Crippen LogP contribution in [-0.2, 0) is 13.5 Å². The molecule has 4 heteroatoms. The standard InChI is InChI=1S/C11H20BrN3/c1-8-10(12)9(15(5)14-8)6-7-13-11(2,3)4/h13H,6-7H2,1-5H3. The Morgan fingerprint density at radius 1 is 1.40 bits per heavy atom. The van der Waals surface area contributed by atoms with E-state index in [4.69, 9.17) is 0 Å². The zero-order valence-electron chi connectivity index (χ0n) is 10.2. The van der Waals surface area contributed by atoms with Crippen molar-refractivity contribution in [3.63, 3.8) is 0 Å². The van der Waals surface area contributed by atoms with Gasteiger partial charge in [0.2, 0.25) is 0 Å². The summed E-state index contributed by atoms with van der Waals surface area (Å²) in [6.07, 6.45) is 0.995. The van der Waals surface area contributed by atoms with Crippen LogP contribution in [0.5, 0.6) is 0 Å². The molecule has 0 saturated heterocycles. The molecule has 15 heavy (non-hydrogen) atoms. The normalized spacial score (nSPS) is 12.1. The molecule has 1 aromatic rings. The Balaban J connectivity index is 2.58. The summed E-state index contributed by atoms with van der Waals surface area (Å²) in [5, 5.41) is 7.84. The van der Waals surface area contributed by atoms with Gasteiger partial charge in [-0.25, -0.2) is 0 Å². The van der Waals surface area contributed by atoms with E-state index >= 15 is 0 Å². The minimum atomic E-state index is 0.181. The Bertz CT molecular complexity index is 336. The summed E-state index contributed by atoms with van der Waals surface area (Å²) in [6, 6.07) is 0. The topological polar surface area (TPSA) is 29.9 Å². The van der Waals surface area contributed by atoms with E-state index in [9.17, 15) is 0 Å². The number of hydrogen-bond donors (Lipinski definition) is 1. The number of rotatable bonds is 3. The van der Waals surface area contributed by atoms with E-state index in [1.54, 1.807) is 0 Å². The summed E-state index contributed by atoms with van der Waals surface area (Å²) in [7, 11) is 1.99. The molecule has 1 rings (SSSR count). The molecule has 0 saturated carbocycles. The molecule has 0 fully saturated rings. The van der Waals surface area contributed by atoms with E-state index in [0.717, 1.165) is 23.1 Å². The number of nitrogens with one attached hydrogen (secondary N) is 1. The van der Waals surface area contributed by atoms with E-state index in [2.05, 4.69) is 47.1 Å². The Morgan fingerprint density at radius 2 is 2.00 bits per heavy atom. The molecule has 0 spiro atoms. The second-order valence-corrected chi connectivity index (χ2v) is 5.69. The Kier molecular flexibility index (Phi) is 3.95. The maximum Gasteiger partial charge on any atom is 0.0738 e. The smallest absolute Gasteiger partial charge is 0.0738 e. The van der Waals surface area contributed by atoms with Crippen LogP contribution in [0.25, 0.3) is 0 Å². The zero-order valence-corrected chi connectivity index (χ0v) is 11.8. The molecule has 3 nitrogen and oxygen atoms in total. The van der Waals surface area contributed by atoms with Crippen molar-refractivity contribution in [2.24, 2.45) is 7.05 Å². The van der Waals surface area contributed by atoms with Gasteiger partial charge in [-0.3, -0.25) is 4.68 Å². The first-order valence-electron chi connectivity index (χ1n) is 5.24. The van der Waals surface area contributed by atoms with Gasteiger partial charge in [0.25, 0.3) is 0 Å². The first-order chi connectivity index (χ1) is 6.81. The molecule has 0 aliphatic heterocycles. The fourth-order valence-corrected chi connectivity index (χ4v) is 2.04. The highest BCUT2D eigenvalue weighted by Crippen LogP contribution is 2.20. The molecule has 0 amide bonds.